The molecule has 3 aromatic rings. The largest absolute Gasteiger partial charge is 0.497 e. The van der Waals surface area contributed by atoms with Crippen LogP contribution in [0.5, 0.6) is 11.5 Å². The highest BCUT2D eigenvalue weighted by Gasteiger charge is 2.29. The van der Waals surface area contributed by atoms with Crippen molar-refractivity contribution in [3.05, 3.63) is 70.7 Å². The highest BCUT2D eigenvalue weighted by Crippen LogP contribution is 2.33. The number of carbonyl (C=O) groups excluding carboxylic acids is 2. The number of amides is 2. The van der Waals surface area contributed by atoms with Crippen molar-refractivity contribution in [3.63, 3.8) is 0 Å². The van der Waals surface area contributed by atoms with Gasteiger partial charge >= 0.3 is 0 Å². The summed E-state index contributed by atoms with van der Waals surface area (Å²) in [7, 11) is 1.61. The third kappa shape index (κ3) is 6.98. The fourth-order valence-electron chi connectivity index (χ4n) is 3.90. The van der Waals surface area contributed by atoms with E-state index in [-0.39, 0.29) is 18.4 Å². The van der Waals surface area contributed by atoms with Gasteiger partial charge in [-0.25, -0.2) is 0 Å². The highest BCUT2D eigenvalue weighted by atomic mass is 79.9. The molecule has 0 saturated carbocycles. The number of ether oxygens (including phenoxy) is 2. The molecule has 35 heavy (non-hydrogen) atoms. The van der Waals surface area contributed by atoms with Crippen molar-refractivity contribution in [2.24, 2.45) is 0 Å². The summed E-state index contributed by atoms with van der Waals surface area (Å²) >= 11 is 3.61. The van der Waals surface area contributed by atoms with Gasteiger partial charge in [0, 0.05) is 13.1 Å². The van der Waals surface area contributed by atoms with Crippen LogP contribution in [-0.2, 0) is 16.1 Å². The number of hydrogen-bond acceptors (Lipinski definition) is 4. The zero-order valence-electron chi connectivity index (χ0n) is 20.6. The molecule has 3 rings (SSSR count). The molecule has 0 aliphatic rings. The van der Waals surface area contributed by atoms with Crippen molar-refractivity contribution in [1.82, 2.24) is 10.2 Å². The van der Waals surface area contributed by atoms with Crippen molar-refractivity contribution >= 4 is 38.5 Å². The van der Waals surface area contributed by atoms with E-state index < -0.39 is 6.04 Å². The minimum Gasteiger partial charge on any atom is -0.497 e. The van der Waals surface area contributed by atoms with Crippen LogP contribution in [-0.4, -0.2) is 43.0 Å². The van der Waals surface area contributed by atoms with E-state index in [9.17, 15) is 9.59 Å². The predicted molar refractivity (Wildman–Crippen MR) is 143 cm³/mol. The van der Waals surface area contributed by atoms with Crippen LogP contribution >= 0.6 is 15.9 Å². The lowest BCUT2D eigenvalue weighted by Crippen LogP contribution is -2.50. The minimum atomic E-state index is -0.592. The molecule has 6 nitrogen and oxygen atoms in total. The van der Waals surface area contributed by atoms with E-state index in [1.165, 1.54) is 0 Å². The number of nitrogens with one attached hydrogen (secondary N) is 1. The Morgan fingerprint density at radius 1 is 1.03 bits per heavy atom. The van der Waals surface area contributed by atoms with E-state index in [0.717, 1.165) is 39.4 Å². The number of hydrogen-bond donors (Lipinski definition) is 1. The molecule has 1 atom stereocenters. The smallest absolute Gasteiger partial charge is 0.261 e. The standard InChI is InChI=1S/C28H33BrN2O4/c1-4-6-17-30-28(33)24(5-2)31(18-20-11-14-22(34-3)15-12-20)26(32)19-35-25-16-13-21-9-7-8-10-23(21)27(25)29/h7-16,24H,4-6,17-19H2,1-3H3,(H,30,33)/t24-/m0/s1. The monoisotopic (exact) mass is 540 g/mol. The number of nitrogens with zero attached hydrogens (tertiary/aromatic N) is 1. The summed E-state index contributed by atoms with van der Waals surface area (Å²) in [4.78, 5) is 28.0. The predicted octanol–water partition coefficient (Wildman–Crippen LogP) is 5.71. The molecule has 7 heteroatoms. The Hall–Kier alpha value is -3.06. The first-order valence-corrected chi connectivity index (χ1v) is 12.8. The van der Waals surface area contributed by atoms with E-state index in [1.54, 1.807) is 12.0 Å². The van der Waals surface area contributed by atoms with E-state index in [4.69, 9.17) is 9.47 Å². The third-order valence-electron chi connectivity index (χ3n) is 5.91. The SMILES string of the molecule is CCCCNC(=O)[C@H](CC)N(Cc1ccc(OC)cc1)C(=O)COc1ccc2ccccc2c1Br. The summed E-state index contributed by atoms with van der Waals surface area (Å²) in [5.74, 6) is 0.926. The normalized spacial score (nSPS) is 11.7. The van der Waals surface area contributed by atoms with Gasteiger partial charge in [-0.1, -0.05) is 62.7 Å². The molecule has 0 spiro atoms. The minimum absolute atomic E-state index is 0.144. The van der Waals surface area contributed by atoms with Gasteiger partial charge in [-0.05, 0) is 63.3 Å². The molecule has 0 aliphatic carbocycles. The third-order valence-corrected chi connectivity index (χ3v) is 6.72. The summed E-state index contributed by atoms with van der Waals surface area (Å²) in [6.07, 6.45) is 2.38. The maximum Gasteiger partial charge on any atom is 0.261 e. The van der Waals surface area contributed by atoms with Crippen LogP contribution in [0.25, 0.3) is 10.8 Å². The van der Waals surface area contributed by atoms with Gasteiger partial charge in [0.2, 0.25) is 5.91 Å². The fraction of sp³-hybridized carbons (Fsp3) is 0.357. The molecule has 2 amide bonds. The average Bonchev–Trinajstić information content (AvgIpc) is 2.88. The Kier molecular flexibility index (Phi) is 9.97. The molecule has 1 N–H and O–H groups in total. The first-order valence-electron chi connectivity index (χ1n) is 12.0. The number of methoxy groups -OCH3 is 1. The average molecular weight is 541 g/mol. The van der Waals surface area contributed by atoms with Crippen LogP contribution < -0.4 is 14.8 Å². The summed E-state index contributed by atoms with van der Waals surface area (Å²) < 4.78 is 12.0. The molecular weight excluding hydrogens is 508 g/mol. The Balaban J connectivity index is 1.80. The molecule has 0 radical (unpaired) electrons. The van der Waals surface area contributed by atoms with Gasteiger partial charge in [0.15, 0.2) is 6.61 Å². The number of benzene rings is 3. The number of fused-ring (bicyclic) bond motifs is 1. The van der Waals surface area contributed by atoms with Crippen molar-refractivity contribution < 1.29 is 19.1 Å². The van der Waals surface area contributed by atoms with Crippen LogP contribution in [0.3, 0.4) is 0 Å². The van der Waals surface area contributed by atoms with Gasteiger partial charge in [-0.3, -0.25) is 9.59 Å². The Labute approximate surface area is 215 Å². The zero-order valence-corrected chi connectivity index (χ0v) is 22.1. The topological polar surface area (TPSA) is 67.9 Å². The lowest BCUT2D eigenvalue weighted by molar-refractivity contribution is -0.143. The summed E-state index contributed by atoms with van der Waals surface area (Å²) in [6.45, 7) is 4.71. The second kappa shape index (κ2) is 13.1. The Morgan fingerprint density at radius 2 is 1.77 bits per heavy atom. The van der Waals surface area contributed by atoms with Gasteiger partial charge < -0.3 is 19.7 Å². The van der Waals surface area contributed by atoms with Crippen molar-refractivity contribution in [2.45, 2.75) is 45.7 Å². The zero-order chi connectivity index (χ0) is 25.2. The van der Waals surface area contributed by atoms with E-state index in [1.807, 2.05) is 67.6 Å². The van der Waals surface area contributed by atoms with Gasteiger partial charge in [0.05, 0.1) is 11.6 Å². The lowest BCUT2D eigenvalue weighted by Gasteiger charge is -2.30. The molecular formula is C28H33BrN2O4. The molecule has 0 aliphatic heterocycles. The number of unbranched alkanes of at least 4 members (excludes halogenated alkanes) is 1. The van der Waals surface area contributed by atoms with Crippen LogP contribution in [0.15, 0.2) is 65.1 Å². The van der Waals surface area contributed by atoms with Gasteiger partial charge in [-0.2, -0.15) is 0 Å². The highest BCUT2D eigenvalue weighted by molar-refractivity contribution is 9.10. The molecule has 0 heterocycles. The first kappa shape index (κ1) is 26.5. The maximum atomic E-state index is 13.4. The van der Waals surface area contributed by atoms with Gasteiger partial charge in [0.25, 0.3) is 5.91 Å². The molecule has 0 fully saturated rings. The molecule has 186 valence electrons. The van der Waals surface area contributed by atoms with E-state index in [0.29, 0.717) is 25.3 Å². The second-order valence-corrected chi connectivity index (χ2v) is 9.12. The van der Waals surface area contributed by atoms with Crippen molar-refractivity contribution in [1.29, 1.82) is 0 Å². The molecule has 0 bridgehead atoms. The van der Waals surface area contributed by atoms with Gasteiger partial charge in [0.1, 0.15) is 17.5 Å². The number of halogens is 1. The summed E-state index contributed by atoms with van der Waals surface area (Å²) in [5.41, 5.74) is 0.908. The second-order valence-electron chi connectivity index (χ2n) is 8.33. The molecule has 0 saturated heterocycles. The first-order chi connectivity index (χ1) is 17.0. The van der Waals surface area contributed by atoms with E-state index in [2.05, 4.69) is 28.2 Å². The quantitative estimate of drug-likeness (QED) is 0.298. The Bertz CT molecular complexity index is 1130. The Morgan fingerprint density at radius 3 is 2.46 bits per heavy atom. The maximum absolute atomic E-state index is 13.4. The van der Waals surface area contributed by atoms with Crippen molar-refractivity contribution in [3.8, 4) is 11.5 Å². The molecule has 0 aromatic heterocycles. The van der Waals surface area contributed by atoms with Gasteiger partial charge in [-0.15, -0.1) is 0 Å². The molecule has 3 aromatic carbocycles. The summed E-state index contributed by atoms with van der Waals surface area (Å²) in [5, 5.41) is 5.06. The lowest BCUT2D eigenvalue weighted by atomic mass is 10.1. The van der Waals surface area contributed by atoms with Crippen LogP contribution in [0.2, 0.25) is 0 Å². The van der Waals surface area contributed by atoms with Crippen LogP contribution in [0.4, 0.5) is 0 Å². The molecule has 0 unspecified atom stereocenters. The van der Waals surface area contributed by atoms with Crippen LogP contribution in [0.1, 0.15) is 38.7 Å². The van der Waals surface area contributed by atoms with Crippen LogP contribution in [0, 0.1) is 0 Å². The number of rotatable bonds is 12. The van der Waals surface area contributed by atoms with Crippen molar-refractivity contribution in [2.75, 3.05) is 20.3 Å². The fourth-order valence-corrected chi connectivity index (χ4v) is 4.51. The van der Waals surface area contributed by atoms with E-state index >= 15 is 0 Å². The summed E-state index contributed by atoms with van der Waals surface area (Å²) in [6, 6.07) is 18.7. The number of carbonyl (C=O) groups is 2.